The van der Waals surface area contributed by atoms with Crippen LogP contribution in [-0.2, 0) is 14.8 Å². The number of carbonyl (C=O) groups is 1. The fraction of sp³-hybridized carbons (Fsp3) is 0.611. The maximum absolute atomic E-state index is 12.9. The van der Waals surface area contributed by atoms with Crippen LogP contribution in [0.1, 0.15) is 35.7 Å². The molecule has 6 nitrogen and oxygen atoms in total. The SMILES string of the molecule is Cc1ccc(S(=O)(=O)N2CCOCC2)cc1C(=O)N1CCCC(C)C1. The van der Waals surface area contributed by atoms with E-state index in [1.165, 1.54) is 4.31 Å². The number of carbonyl (C=O) groups excluding carboxylic acids is 1. The van der Waals surface area contributed by atoms with Crippen LogP contribution in [0.15, 0.2) is 23.1 Å². The average molecular weight is 366 g/mol. The first-order valence-corrected chi connectivity index (χ1v) is 10.3. The maximum atomic E-state index is 12.9. The van der Waals surface area contributed by atoms with E-state index in [0.29, 0.717) is 37.8 Å². The molecule has 2 saturated heterocycles. The van der Waals surface area contributed by atoms with E-state index in [1.54, 1.807) is 18.2 Å². The number of sulfonamides is 1. The normalized spacial score (nSPS) is 22.8. The minimum absolute atomic E-state index is 0.0666. The molecule has 1 amide bonds. The molecule has 1 aromatic rings. The Morgan fingerprint density at radius 1 is 1.20 bits per heavy atom. The molecule has 0 aromatic heterocycles. The molecule has 2 heterocycles. The molecule has 1 unspecified atom stereocenters. The molecule has 3 rings (SSSR count). The average Bonchev–Trinajstić information content (AvgIpc) is 2.62. The third-order valence-corrected chi connectivity index (χ3v) is 6.89. The van der Waals surface area contributed by atoms with Gasteiger partial charge in [-0.2, -0.15) is 4.31 Å². The molecule has 25 heavy (non-hydrogen) atoms. The summed E-state index contributed by atoms with van der Waals surface area (Å²) in [6.07, 6.45) is 2.13. The number of aryl methyl sites for hydroxylation is 1. The standard InChI is InChI=1S/C18H26N2O4S/c1-14-4-3-7-19(13-14)18(21)17-12-16(6-5-15(17)2)25(22,23)20-8-10-24-11-9-20/h5-6,12,14H,3-4,7-11,13H2,1-2H3. The van der Waals surface area contributed by atoms with Crippen LogP contribution in [0.4, 0.5) is 0 Å². The van der Waals surface area contributed by atoms with Crippen molar-refractivity contribution in [3.05, 3.63) is 29.3 Å². The number of benzene rings is 1. The van der Waals surface area contributed by atoms with E-state index in [0.717, 1.165) is 31.5 Å². The zero-order chi connectivity index (χ0) is 18.0. The van der Waals surface area contributed by atoms with Gasteiger partial charge in [-0.15, -0.1) is 0 Å². The van der Waals surface area contributed by atoms with E-state index in [2.05, 4.69) is 6.92 Å². The topological polar surface area (TPSA) is 66.9 Å². The highest BCUT2D eigenvalue weighted by Crippen LogP contribution is 2.24. The van der Waals surface area contributed by atoms with Gasteiger partial charge in [-0.25, -0.2) is 8.42 Å². The molecule has 0 radical (unpaired) electrons. The van der Waals surface area contributed by atoms with Crippen molar-refractivity contribution in [2.45, 2.75) is 31.6 Å². The van der Waals surface area contributed by atoms with E-state index in [9.17, 15) is 13.2 Å². The van der Waals surface area contributed by atoms with Gasteiger partial charge in [0.15, 0.2) is 0 Å². The van der Waals surface area contributed by atoms with Gasteiger partial charge in [0.2, 0.25) is 10.0 Å². The highest BCUT2D eigenvalue weighted by atomic mass is 32.2. The minimum atomic E-state index is -3.59. The fourth-order valence-corrected chi connectivity index (χ4v) is 4.91. The number of hydrogen-bond acceptors (Lipinski definition) is 4. The first-order valence-electron chi connectivity index (χ1n) is 8.87. The van der Waals surface area contributed by atoms with Gasteiger partial charge in [-0.1, -0.05) is 13.0 Å². The van der Waals surface area contributed by atoms with Crippen molar-refractivity contribution in [3.8, 4) is 0 Å². The summed E-state index contributed by atoms with van der Waals surface area (Å²) in [6, 6.07) is 4.87. The number of ether oxygens (including phenoxy) is 1. The number of hydrogen-bond donors (Lipinski definition) is 0. The van der Waals surface area contributed by atoms with Crippen LogP contribution in [-0.4, -0.2) is 62.9 Å². The second kappa shape index (κ2) is 7.43. The summed E-state index contributed by atoms with van der Waals surface area (Å²) in [5.74, 6) is 0.418. The van der Waals surface area contributed by atoms with Gasteiger partial charge in [0.05, 0.1) is 18.1 Å². The third-order valence-electron chi connectivity index (χ3n) is 4.99. The summed E-state index contributed by atoms with van der Waals surface area (Å²) < 4.78 is 32.4. The Hall–Kier alpha value is -1.44. The smallest absolute Gasteiger partial charge is 0.254 e. The molecule has 0 aliphatic carbocycles. The minimum Gasteiger partial charge on any atom is -0.379 e. The van der Waals surface area contributed by atoms with E-state index >= 15 is 0 Å². The molecular weight excluding hydrogens is 340 g/mol. The van der Waals surface area contributed by atoms with Gasteiger partial charge < -0.3 is 9.64 Å². The molecule has 2 aliphatic heterocycles. The van der Waals surface area contributed by atoms with E-state index in [4.69, 9.17) is 4.74 Å². The van der Waals surface area contributed by atoms with Crippen molar-refractivity contribution in [2.24, 2.45) is 5.92 Å². The lowest BCUT2D eigenvalue weighted by Gasteiger charge is -2.31. The molecule has 0 spiro atoms. The molecule has 0 saturated carbocycles. The Morgan fingerprint density at radius 3 is 2.60 bits per heavy atom. The van der Waals surface area contributed by atoms with Crippen LogP contribution in [0, 0.1) is 12.8 Å². The largest absolute Gasteiger partial charge is 0.379 e. The first-order chi connectivity index (χ1) is 11.9. The number of piperidine rings is 1. The summed E-state index contributed by atoms with van der Waals surface area (Å²) in [6.45, 7) is 6.98. The van der Waals surface area contributed by atoms with Crippen LogP contribution in [0.2, 0.25) is 0 Å². The molecular formula is C18H26N2O4S. The molecule has 0 bridgehead atoms. The predicted molar refractivity (Wildman–Crippen MR) is 95.1 cm³/mol. The second-order valence-electron chi connectivity index (χ2n) is 6.99. The van der Waals surface area contributed by atoms with Gasteiger partial charge in [0.25, 0.3) is 5.91 Å². The second-order valence-corrected chi connectivity index (χ2v) is 8.93. The van der Waals surface area contributed by atoms with Crippen molar-refractivity contribution >= 4 is 15.9 Å². The number of likely N-dealkylation sites (tertiary alicyclic amines) is 1. The Kier molecular flexibility index (Phi) is 5.46. The van der Waals surface area contributed by atoms with Crippen LogP contribution < -0.4 is 0 Å². The number of rotatable bonds is 3. The number of nitrogens with zero attached hydrogens (tertiary/aromatic N) is 2. The van der Waals surface area contributed by atoms with Gasteiger partial charge >= 0.3 is 0 Å². The Labute approximate surface area is 149 Å². The van der Waals surface area contributed by atoms with E-state index < -0.39 is 10.0 Å². The zero-order valence-corrected chi connectivity index (χ0v) is 15.7. The summed E-state index contributed by atoms with van der Waals surface area (Å²) >= 11 is 0. The Morgan fingerprint density at radius 2 is 1.92 bits per heavy atom. The van der Waals surface area contributed by atoms with Crippen LogP contribution in [0.25, 0.3) is 0 Å². The molecule has 1 aromatic carbocycles. The third kappa shape index (κ3) is 3.88. The zero-order valence-electron chi connectivity index (χ0n) is 14.9. The lowest BCUT2D eigenvalue weighted by atomic mass is 9.99. The van der Waals surface area contributed by atoms with Crippen molar-refractivity contribution in [1.82, 2.24) is 9.21 Å². The lowest BCUT2D eigenvalue weighted by molar-refractivity contribution is 0.0681. The van der Waals surface area contributed by atoms with Gasteiger partial charge in [-0.05, 0) is 43.4 Å². The number of morpholine rings is 1. The molecule has 1 atom stereocenters. The van der Waals surface area contributed by atoms with Crippen LogP contribution in [0.3, 0.4) is 0 Å². The number of amides is 1. The van der Waals surface area contributed by atoms with Gasteiger partial charge in [-0.3, -0.25) is 4.79 Å². The molecule has 2 fully saturated rings. The van der Waals surface area contributed by atoms with Gasteiger partial charge in [0.1, 0.15) is 0 Å². The van der Waals surface area contributed by atoms with E-state index in [-0.39, 0.29) is 10.8 Å². The summed E-state index contributed by atoms with van der Waals surface area (Å²) in [5, 5.41) is 0. The lowest BCUT2D eigenvalue weighted by Crippen LogP contribution is -2.41. The van der Waals surface area contributed by atoms with Crippen LogP contribution in [0.5, 0.6) is 0 Å². The highest BCUT2D eigenvalue weighted by molar-refractivity contribution is 7.89. The van der Waals surface area contributed by atoms with Crippen molar-refractivity contribution in [2.75, 3.05) is 39.4 Å². The Bertz CT molecular complexity index is 741. The summed E-state index contributed by atoms with van der Waals surface area (Å²) in [5.41, 5.74) is 1.30. The summed E-state index contributed by atoms with van der Waals surface area (Å²) in [4.78, 5) is 15.0. The van der Waals surface area contributed by atoms with Gasteiger partial charge in [0, 0.05) is 31.7 Å². The van der Waals surface area contributed by atoms with E-state index in [1.807, 2.05) is 11.8 Å². The first kappa shape index (κ1) is 18.4. The molecule has 2 aliphatic rings. The molecule has 7 heteroatoms. The maximum Gasteiger partial charge on any atom is 0.254 e. The molecule has 138 valence electrons. The van der Waals surface area contributed by atoms with Crippen LogP contribution >= 0.6 is 0 Å². The highest BCUT2D eigenvalue weighted by Gasteiger charge is 2.29. The van der Waals surface area contributed by atoms with Crippen molar-refractivity contribution < 1.29 is 17.9 Å². The fourth-order valence-electron chi connectivity index (χ4n) is 3.47. The molecule has 0 N–H and O–H groups in total. The monoisotopic (exact) mass is 366 g/mol. The predicted octanol–water partition coefficient (Wildman–Crippen LogP) is 1.89. The summed E-state index contributed by atoms with van der Waals surface area (Å²) in [7, 11) is -3.59. The van der Waals surface area contributed by atoms with Crippen molar-refractivity contribution in [1.29, 1.82) is 0 Å². The van der Waals surface area contributed by atoms with Crippen molar-refractivity contribution in [3.63, 3.8) is 0 Å². The Balaban J connectivity index is 1.88. The quantitative estimate of drug-likeness (QED) is 0.819.